The van der Waals surface area contributed by atoms with Crippen LogP contribution in [0, 0.1) is 0 Å². The molecule has 110 valence electrons. The standard InChI is InChI=1S/C19H24OSi/c1-6-19(2,16-12-14-17(20-3)15-13-16)21(4,5)18-10-8-7-9-11-18/h6-15H,1H2,2-5H3/t19-/m1/s1. The van der Waals surface area contributed by atoms with Crippen LogP contribution in [0.25, 0.3) is 0 Å². The van der Waals surface area contributed by atoms with Crippen LogP contribution in [0.4, 0.5) is 0 Å². The van der Waals surface area contributed by atoms with Crippen LogP contribution in [0.3, 0.4) is 0 Å². The first kappa shape index (κ1) is 15.6. The topological polar surface area (TPSA) is 9.23 Å². The third-order valence-electron chi connectivity index (χ3n) is 4.89. The molecule has 2 aromatic carbocycles. The zero-order valence-electron chi connectivity index (χ0n) is 13.4. The summed E-state index contributed by atoms with van der Waals surface area (Å²) in [6, 6.07) is 19.2. The number of benzene rings is 2. The fraction of sp³-hybridized carbons (Fsp3) is 0.263. The molecule has 2 aromatic rings. The van der Waals surface area contributed by atoms with Gasteiger partial charge in [-0.1, -0.05) is 73.7 Å². The van der Waals surface area contributed by atoms with Gasteiger partial charge in [-0.3, -0.25) is 0 Å². The number of rotatable bonds is 5. The highest BCUT2D eigenvalue weighted by molar-refractivity contribution is 6.92. The van der Waals surface area contributed by atoms with Crippen molar-refractivity contribution in [2.24, 2.45) is 0 Å². The van der Waals surface area contributed by atoms with Crippen molar-refractivity contribution in [3.05, 3.63) is 72.8 Å². The van der Waals surface area contributed by atoms with Gasteiger partial charge in [-0.25, -0.2) is 0 Å². The molecular formula is C19H24OSi. The number of methoxy groups -OCH3 is 1. The van der Waals surface area contributed by atoms with Gasteiger partial charge in [-0.05, 0) is 17.7 Å². The molecule has 0 unspecified atom stereocenters. The van der Waals surface area contributed by atoms with E-state index < -0.39 is 8.07 Å². The smallest absolute Gasteiger partial charge is 0.118 e. The van der Waals surface area contributed by atoms with Gasteiger partial charge in [0.2, 0.25) is 0 Å². The van der Waals surface area contributed by atoms with Crippen LogP contribution in [0.2, 0.25) is 13.1 Å². The molecule has 1 nitrogen and oxygen atoms in total. The lowest BCUT2D eigenvalue weighted by molar-refractivity contribution is 0.414. The van der Waals surface area contributed by atoms with Crippen LogP contribution in [0.5, 0.6) is 5.75 Å². The van der Waals surface area contributed by atoms with Crippen molar-refractivity contribution in [3.63, 3.8) is 0 Å². The van der Waals surface area contributed by atoms with E-state index in [-0.39, 0.29) is 5.04 Å². The Morgan fingerprint density at radius 3 is 2.05 bits per heavy atom. The maximum absolute atomic E-state index is 5.27. The molecule has 0 amide bonds. The summed E-state index contributed by atoms with van der Waals surface area (Å²) >= 11 is 0. The van der Waals surface area contributed by atoms with Gasteiger partial charge in [0, 0.05) is 5.04 Å². The first-order valence-electron chi connectivity index (χ1n) is 7.29. The van der Waals surface area contributed by atoms with Gasteiger partial charge in [-0.15, -0.1) is 6.58 Å². The van der Waals surface area contributed by atoms with E-state index in [9.17, 15) is 0 Å². The highest BCUT2D eigenvalue weighted by atomic mass is 28.3. The average Bonchev–Trinajstić information content (AvgIpc) is 2.54. The first-order valence-corrected chi connectivity index (χ1v) is 10.3. The predicted molar refractivity (Wildman–Crippen MR) is 94.1 cm³/mol. The van der Waals surface area contributed by atoms with Crippen LogP contribution in [0.1, 0.15) is 12.5 Å². The van der Waals surface area contributed by atoms with Crippen LogP contribution >= 0.6 is 0 Å². The molecule has 0 aromatic heterocycles. The molecule has 2 heteroatoms. The van der Waals surface area contributed by atoms with E-state index in [2.05, 4.69) is 75.1 Å². The van der Waals surface area contributed by atoms with Gasteiger partial charge in [0.25, 0.3) is 0 Å². The Bertz CT molecular complexity index is 601. The van der Waals surface area contributed by atoms with E-state index in [0.717, 1.165) is 5.75 Å². The van der Waals surface area contributed by atoms with Gasteiger partial charge in [0.05, 0.1) is 15.2 Å². The van der Waals surface area contributed by atoms with E-state index >= 15 is 0 Å². The fourth-order valence-corrected chi connectivity index (χ4v) is 5.85. The molecule has 0 spiro atoms. The summed E-state index contributed by atoms with van der Waals surface area (Å²) in [5.41, 5.74) is 1.30. The van der Waals surface area contributed by atoms with Gasteiger partial charge in [0.15, 0.2) is 0 Å². The minimum Gasteiger partial charge on any atom is -0.497 e. The molecule has 0 radical (unpaired) electrons. The fourth-order valence-electron chi connectivity index (χ4n) is 2.83. The number of hydrogen-bond donors (Lipinski definition) is 0. The van der Waals surface area contributed by atoms with Gasteiger partial charge in [0.1, 0.15) is 5.75 Å². The minimum atomic E-state index is -1.76. The quantitative estimate of drug-likeness (QED) is 0.590. The summed E-state index contributed by atoms with van der Waals surface area (Å²) in [4.78, 5) is 0. The van der Waals surface area contributed by atoms with Crippen molar-refractivity contribution in [1.82, 2.24) is 0 Å². The molecule has 0 heterocycles. The van der Waals surface area contributed by atoms with Crippen LogP contribution in [-0.2, 0) is 5.04 Å². The molecule has 1 atom stereocenters. The second kappa shape index (κ2) is 5.90. The third-order valence-corrected chi connectivity index (χ3v) is 9.76. The lowest BCUT2D eigenvalue weighted by atomic mass is 10.00. The predicted octanol–water partition coefficient (Wildman–Crippen LogP) is 4.29. The largest absolute Gasteiger partial charge is 0.497 e. The van der Waals surface area contributed by atoms with Gasteiger partial charge in [-0.2, -0.15) is 0 Å². The van der Waals surface area contributed by atoms with E-state index in [0.29, 0.717) is 0 Å². The molecule has 0 bridgehead atoms. The molecule has 0 aliphatic rings. The van der Waals surface area contributed by atoms with Crippen molar-refractivity contribution < 1.29 is 4.74 Å². The van der Waals surface area contributed by atoms with Crippen molar-refractivity contribution in [2.75, 3.05) is 7.11 Å². The number of allylic oxidation sites excluding steroid dienone is 1. The number of hydrogen-bond acceptors (Lipinski definition) is 1. The lowest BCUT2D eigenvalue weighted by Crippen LogP contribution is -2.57. The molecular weight excluding hydrogens is 272 g/mol. The zero-order valence-corrected chi connectivity index (χ0v) is 14.4. The Hall–Kier alpha value is -1.80. The highest BCUT2D eigenvalue weighted by Gasteiger charge is 2.43. The minimum absolute atomic E-state index is 0.0272. The molecule has 0 saturated carbocycles. The second-order valence-electron chi connectivity index (χ2n) is 6.13. The van der Waals surface area contributed by atoms with E-state index in [1.165, 1.54) is 10.8 Å². The Balaban J connectivity index is 2.51. The summed E-state index contributed by atoms with van der Waals surface area (Å²) < 4.78 is 5.27. The maximum Gasteiger partial charge on any atom is 0.118 e. The van der Waals surface area contributed by atoms with Crippen molar-refractivity contribution in [3.8, 4) is 5.75 Å². The van der Waals surface area contributed by atoms with Crippen molar-refractivity contribution >= 4 is 13.3 Å². The summed E-state index contributed by atoms with van der Waals surface area (Å²) in [5, 5.41) is 1.42. The second-order valence-corrected chi connectivity index (χ2v) is 11.0. The van der Waals surface area contributed by atoms with Gasteiger partial charge >= 0.3 is 0 Å². The molecule has 0 aliphatic carbocycles. The van der Waals surface area contributed by atoms with E-state index in [4.69, 9.17) is 4.74 Å². The van der Waals surface area contributed by atoms with Crippen LogP contribution in [0.15, 0.2) is 67.3 Å². The first-order chi connectivity index (χ1) is 9.95. The molecule has 0 N–H and O–H groups in total. The molecule has 0 fully saturated rings. The molecule has 0 aliphatic heterocycles. The zero-order chi connectivity index (χ0) is 15.5. The normalized spacial score (nSPS) is 14.3. The lowest BCUT2D eigenvalue weighted by Gasteiger charge is -2.41. The third kappa shape index (κ3) is 2.68. The summed E-state index contributed by atoms with van der Waals surface area (Å²) in [6.07, 6.45) is 2.12. The summed E-state index contributed by atoms with van der Waals surface area (Å²) in [5.74, 6) is 0.893. The van der Waals surface area contributed by atoms with Gasteiger partial charge < -0.3 is 4.74 Å². The average molecular weight is 296 g/mol. The summed E-state index contributed by atoms with van der Waals surface area (Å²) in [6.45, 7) is 11.3. The monoisotopic (exact) mass is 296 g/mol. The van der Waals surface area contributed by atoms with E-state index in [1.54, 1.807) is 7.11 Å². The van der Waals surface area contributed by atoms with Crippen molar-refractivity contribution in [1.29, 1.82) is 0 Å². The maximum atomic E-state index is 5.27. The summed E-state index contributed by atoms with van der Waals surface area (Å²) in [7, 11) is -0.0616. The Morgan fingerprint density at radius 1 is 1.00 bits per heavy atom. The Labute approximate surface area is 129 Å². The Kier molecular flexibility index (Phi) is 4.38. The highest BCUT2D eigenvalue weighted by Crippen LogP contribution is 2.35. The molecule has 21 heavy (non-hydrogen) atoms. The van der Waals surface area contributed by atoms with Crippen LogP contribution < -0.4 is 9.92 Å². The Morgan fingerprint density at radius 2 is 1.57 bits per heavy atom. The van der Waals surface area contributed by atoms with Crippen molar-refractivity contribution in [2.45, 2.75) is 25.1 Å². The van der Waals surface area contributed by atoms with Crippen LogP contribution in [-0.4, -0.2) is 15.2 Å². The van der Waals surface area contributed by atoms with E-state index in [1.807, 2.05) is 12.1 Å². The molecule has 2 rings (SSSR count). The SMILES string of the molecule is C=C[C@](C)(c1ccc(OC)cc1)[Si](C)(C)c1ccccc1. The number of ether oxygens (including phenoxy) is 1. The molecule has 0 saturated heterocycles.